The average molecular weight is 437 g/mol. The minimum atomic E-state index is -0.515. The zero-order chi connectivity index (χ0) is 19.8. The number of carbonyl (C=O) groups is 2. The number of amides is 1. The highest BCUT2D eigenvalue weighted by atomic mass is 79.9. The van der Waals surface area contributed by atoms with E-state index in [0.29, 0.717) is 24.6 Å². The van der Waals surface area contributed by atoms with Crippen LogP contribution in [0.5, 0.6) is 0 Å². The van der Waals surface area contributed by atoms with Crippen molar-refractivity contribution in [2.24, 2.45) is 11.3 Å². The number of aromatic amines is 1. The van der Waals surface area contributed by atoms with E-state index in [9.17, 15) is 9.59 Å². The maximum Gasteiger partial charge on any atom is 0.311 e. The Kier molecular flexibility index (Phi) is 5.55. The van der Waals surface area contributed by atoms with E-state index in [0.717, 1.165) is 22.8 Å². The van der Waals surface area contributed by atoms with Gasteiger partial charge in [0.2, 0.25) is 5.91 Å². The number of hydrogen-bond acceptors (Lipinski definition) is 5. The molecular formula is C19H25BrN4O3. The van der Waals surface area contributed by atoms with Crippen molar-refractivity contribution in [1.82, 2.24) is 19.9 Å². The Morgan fingerprint density at radius 2 is 2.15 bits per heavy atom. The SMILES string of the molecule is CC(OC(=O)C1CCCN(C(=O)C(C)(C)C)C1)c1nc2ncc(Br)cc2[nH]1. The molecule has 0 saturated carbocycles. The predicted octanol–water partition coefficient (Wildman–Crippen LogP) is 3.61. The van der Waals surface area contributed by atoms with Crippen LogP contribution < -0.4 is 0 Å². The minimum absolute atomic E-state index is 0.0713. The van der Waals surface area contributed by atoms with Crippen molar-refractivity contribution in [3.05, 3.63) is 22.6 Å². The van der Waals surface area contributed by atoms with Gasteiger partial charge in [-0.15, -0.1) is 0 Å². The number of nitrogens with one attached hydrogen (secondary N) is 1. The van der Waals surface area contributed by atoms with Crippen LogP contribution in [-0.4, -0.2) is 44.8 Å². The minimum Gasteiger partial charge on any atom is -0.454 e. The van der Waals surface area contributed by atoms with Gasteiger partial charge in [0.05, 0.1) is 11.4 Å². The summed E-state index contributed by atoms with van der Waals surface area (Å²) < 4.78 is 6.49. The van der Waals surface area contributed by atoms with Gasteiger partial charge in [0.25, 0.3) is 0 Å². The molecule has 146 valence electrons. The Hall–Kier alpha value is -1.96. The molecule has 0 bridgehead atoms. The highest BCUT2D eigenvalue weighted by Gasteiger charge is 2.34. The second kappa shape index (κ2) is 7.58. The number of likely N-dealkylation sites (tertiary alicyclic amines) is 1. The van der Waals surface area contributed by atoms with Crippen LogP contribution in [0.4, 0.5) is 0 Å². The molecule has 2 atom stereocenters. The van der Waals surface area contributed by atoms with Crippen molar-refractivity contribution in [1.29, 1.82) is 0 Å². The van der Waals surface area contributed by atoms with Gasteiger partial charge in [0.1, 0.15) is 5.82 Å². The number of esters is 1. The van der Waals surface area contributed by atoms with Gasteiger partial charge < -0.3 is 14.6 Å². The number of rotatable bonds is 3. The van der Waals surface area contributed by atoms with Crippen LogP contribution in [0.1, 0.15) is 52.5 Å². The third-order valence-electron chi connectivity index (χ3n) is 4.68. The molecule has 2 aromatic heterocycles. The number of imidazole rings is 1. The van der Waals surface area contributed by atoms with Crippen LogP contribution in [0, 0.1) is 11.3 Å². The van der Waals surface area contributed by atoms with Crippen molar-refractivity contribution >= 4 is 39.0 Å². The molecule has 3 heterocycles. The lowest BCUT2D eigenvalue weighted by molar-refractivity contribution is -0.157. The van der Waals surface area contributed by atoms with E-state index in [4.69, 9.17) is 4.74 Å². The first-order chi connectivity index (χ1) is 12.6. The number of aromatic nitrogens is 3. The second-order valence-corrected chi connectivity index (χ2v) is 8.98. The number of pyridine rings is 1. The van der Waals surface area contributed by atoms with Crippen LogP contribution in [0.15, 0.2) is 16.7 Å². The standard InChI is InChI=1S/C19H25BrN4O3/c1-11(15-22-14-8-13(20)9-21-16(14)23-15)27-17(25)12-6-5-7-24(10-12)18(26)19(2,3)4/h8-9,11-12H,5-7,10H2,1-4H3,(H,21,22,23). The Balaban J connectivity index is 1.65. The predicted molar refractivity (Wildman–Crippen MR) is 105 cm³/mol. The maximum atomic E-state index is 12.6. The molecule has 1 aliphatic rings. The summed E-state index contributed by atoms with van der Waals surface area (Å²) in [6.07, 6.45) is 2.69. The highest BCUT2D eigenvalue weighted by molar-refractivity contribution is 9.10. The molecule has 8 heteroatoms. The van der Waals surface area contributed by atoms with Crippen LogP contribution >= 0.6 is 15.9 Å². The maximum absolute atomic E-state index is 12.6. The number of carbonyl (C=O) groups excluding carboxylic acids is 2. The summed E-state index contributed by atoms with van der Waals surface area (Å²) >= 11 is 3.37. The first kappa shape index (κ1) is 19.8. The lowest BCUT2D eigenvalue weighted by Gasteiger charge is -2.35. The summed E-state index contributed by atoms with van der Waals surface area (Å²) in [5.41, 5.74) is 0.909. The van der Waals surface area contributed by atoms with Gasteiger partial charge >= 0.3 is 5.97 Å². The first-order valence-electron chi connectivity index (χ1n) is 9.16. The van der Waals surface area contributed by atoms with Crippen LogP contribution in [0.25, 0.3) is 11.2 Å². The number of fused-ring (bicyclic) bond motifs is 1. The van der Waals surface area contributed by atoms with Gasteiger partial charge in [-0.25, -0.2) is 9.97 Å². The molecule has 1 aliphatic heterocycles. The molecule has 2 aromatic rings. The zero-order valence-corrected chi connectivity index (χ0v) is 17.7. The Morgan fingerprint density at radius 1 is 1.41 bits per heavy atom. The van der Waals surface area contributed by atoms with Gasteiger partial charge in [-0.3, -0.25) is 9.59 Å². The fourth-order valence-corrected chi connectivity index (χ4v) is 3.57. The number of nitrogens with zero attached hydrogens (tertiary/aromatic N) is 3. The third kappa shape index (κ3) is 4.48. The topological polar surface area (TPSA) is 88.2 Å². The van der Waals surface area contributed by atoms with E-state index >= 15 is 0 Å². The number of hydrogen-bond donors (Lipinski definition) is 1. The molecule has 1 amide bonds. The summed E-state index contributed by atoms with van der Waals surface area (Å²) in [5.74, 6) is 0.0389. The largest absolute Gasteiger partial charge is 0.454 e. The van der Waals surface area contributed by atoms with Crippen LogP contribution in [-0.2, 0) is 14.3 Å². The molecule has 1 saturated heterocycles. The van der Waals surface area contributed by atoms with Gasteiger partial charge in [0.15, 0.2) is 11.8 Å². The van der Waals surface area contributed by atoms with Crippen molar-refractivity contribution < 1.29 is 14.3 Å². The number of ether oxygens (including phenoxy) is 1. The van der Waals surface area contributed by atoms with E-state index in [1.54, 1.807) is 18.0 Å². The van der Waals surface area contributed by atoms with Gasteiger partial charge in [-0.2, -0.15) is 0 Å². The average Bonchev–Trinajstić information content (AvgIpc) is 3.03. The molecule has 3 rings (SSSR count). The number of H-pyrrole nitrogens is 1. The first-order valence-corrected chi connectivity index (χ1v) is 9.95. The summed E-state index contributed by atoms with van der Waals surface area (Å²) in [7, 11) is 0. The smallest absolute Gasteiger partial charge is 0.311 e. The highest BCUT2D eigenvalue weighted by Crippen LogP contribution is 2.26. The molecular weight excluding hydrogens is 412 g/mol. The lowest BCUT2D eigenvalue weighted by Crippen LogP contribution is -2.47. The fourth-order valence-electron chi connectivity index (χ4n) is 3.24. The Labute approximate surface area is 167 Å². The third-order valence-corrected chi connectivity index (χ3v) is 5.12. The van der Waals surface area contributed by atoms with Gasteiger partial charge in [0, 0.05) is 29.2 Å². The molecule has 1 N–H and O–H groups in total. The molecule has 0 aliphatic carbocycles. The monoisotopic (exact) mass is 436 g/mol. The molecule has 7 nitrogen and oxygen atoms in total. The van der Waals surface area contributed by atoms with Crippen molar-refractivity contribution in [3.8, 4) is 0 Å². The zero-order valence-electron chi connectivity index (χ0n) is 16.1. The van der Waals surface area contributed by atoms with E-state index < -0.39 is 11.5 Å². The number of halogens is 1. The normalized spacial score (nSPS) is 19.1. The van der Waals surface area contributed by atoms with Crippen LogP contribution in [0.2, 0.25) is 0 Å². The molecule has 1 fully saturated rings. The van der Waals surface area contributed by atoms with Crippen molar-refractivity contribution in [2.45, 2.75) is 46.6 Å². The fraction of sp³-hybridized carbons (Fsp3) is 0.579. The molecule has 27 heavy (non-hydrogen) atoms. The molecule has 2 unspecified atom stereocenters. The van der Waals surface area contributed by atoms with E-state index in [-0.39, 0.29) is 17.8 Å². The number of piperidine rings is 1. The summed E-state index contributed by atoms with van der Waals surface area (Å²) in [6, 6.07) is 1.88. The van der Waals surface area contributed by atoms with E-state index in [1.165, 1.54) is 0 Å². The summed E-state index contributed by atoms with van der Waals surface area (Å²) in [4.78, 5) is 38.7. The van der Waals surface area contributed by atoms with E-state index in [2.05, 4.69) is 30.9 Å². The molecule has 0 spiro atoms. The van der Waals surface area contributed by atoms with Gasteiger partial charge in [-0.1, -0.05) is 20.8 Å². The van der Waals surface area contributed by atoms with Gasteiger partial charge in [-0.05, 0) is 41.8 Å². The lowest BCUT2D eigenvalue weighted by atomic mass is 9.91. The second-order valence-electron chi connectivity index (χ2n) is 8.07. The summed E-state index contributed by atoms with van der Waals surface area (Å²) in [5, 5.41) is 0. The molecule has 0 radical (unpaired) electrons. The molecule has 0 aromatic carbocycles. The summed E-state index contributed by atoms with van der Waals surface area (Å²) in [6.45, 7) is 8.58. The van der Waals surface area contributed by atoms with Crippen LogP contribution in [0.3, 0.4) is 0 Å². The Bertz CT molecular complexity index is 858. The quantitative estimate of drug-likeness (QED) is 0.742. The van der Waals surface area contributed by atoms with Crippen molar-refractivity contribution in [3.63, 3.8) is 0 Å². The Morgan fingerprint density at radius 3 is 2.85 bits per heavy atom. The van der Waals surface area contributed by atoms with Crippen molar-refractivity contribution in [2.75, 3.05) is 13.1 Å². The van der Waals surface area contributed by atoms with E-state index in [1.807, 2.05) is 26.8 Å².